The van der Waals surface area contributed by atoms with Crippen LogP contribution in [0.15, 0.2) is 35.5 Å². The quantitative estimate of drug-likeness (QED) is 0.876. The van der Waals surface area contributed by atoms with Crippen LogP contribution >= 0.6 is 11.8 Å². The van der Waals surface area contributed by atoms with Gasteiger partial charge in [-0.3, -0.25) is 0 Å². The van der Waals surface area contributed by atoms with Crippen LogP contribution in [0.5, 0.6) is 0 Å². The van der Waals surface area contributed by atoms with Crippen molar-refractivity contribution in [1.82, 2.24) is 20.2 Å². The van der Waals surface area contributed by atoms with E-state index in [-0.39, 0.29) is 0 Å². The summed E-state index contributed by atoms with van der Waals surface area (Å²) in [5, 5.41) is 23.1. The number of aliphatic hydroxyl groups is 1. The molecule has 106 valence electrons. The van der Waals surface area contributed by atoms with Crippen molar-refractivity contribution in [2.24, 2.45) is 0 Å². The number of para-hydroxylation sites is 1. The van der Waals surface area contributed by atoms with Crippen LogP contribution in [0.2, 0.25) is 0 Å². The monoisotopic (exact) mass is 290 g/mol. The highest BCUT2D eigenvalue weighted by Crippen LogP contribution is 2.33. The lowest BCUT2D eigenvalue weighted by atomic mass is 9.86. The molecule has 1 saturated carbocycles. The fraction of sp³-hybridized carbons (Fsp3) is 0.500. The molecule has 1 aromatic heterocycles. The third-order valence-electron chi connectivity index (χ3n) is 3.70. The number of aromatic nitrogens is 4. The number of hydrogen-bond donors (Lipinski definition) is 1. The molecule has 0 unspecified atom stereocenters. The lowest BCUT2D eigenvalue weighted by molar-refractivity contribution is 0.0272. The molecule has 1 N–H and O–H groups in total. The predicted octanol–water partition coefficient (Wildman–Crippen LogP) is 2.45. The normalized spacial score (nSPS) is 18.1. The Kier molecular flexibility index (Phi) is 4.03. The Bertz CT molecular complexity index is 551. The molecule has 0 aliphatic heterocycles. The fourth-order valence-electron chi connectivity index (χ4n) is 2.55. The van der Waals surface area contributed by atoms with E-state index < -0.39 is 5.60 Å². The summed E-state index contributed by atoms with van der Waals surface area (Å²) in [6.07, 6.45) is 5.22. The molecule has 0 saturated heterocycles. The van der Waals surface area contributed by atoms with E-state index in [0.29, 0.717) is 5.75 Å². The second-order valence-electron chi connectivity index (χ2n) is 5.28. The average molecular weight is 290 g/mol. The van der Waals surface area contributed by atoms with Crippen LogP contribution in [-0.4, -0.2) is 36.7 Å². The maximum Gasteiger partial charge on any atom is 0.214 e. The minimum Gasteiger partial charge on any atom is -0.389 e. The SMILES string of the molecule is OC1(CSc2nnnn2-c2ccccc2)CCCCC1. The smallest absolute Gasteiger partial charge is 0.214 e. The largest absolute Gasteiger partial charge is 0.389 e. The highest BCUT2D eigenvalue weighted by Gasteiger charge is 2.30. The zero-order valence-electron chi connectivity index (χ0n) is 11.3. The van der Waals surface area contributed by atoms with E-state index in [9.17, 15) is 5.11 Å². The van der Waals surface area contributed by atoms with Crippen molar-refractivity contribution in [1.29, 1.82) is 0 Å². The molecule has 5 nitrogen and oxygen atoms in total. The molecule has 20 heavy (non-hydrogen) atoms. The second kappa shape index (κ2) is 5.93. The lowest BCUT2D eigenvalue weighted by Gasteiger charge is -2.31. The molecule has 0 atom stereocenters. The van der Waals surface area contributed by atoms with Crippen molar-refractivity contribution < 1.29 is 5.11 Å². The summed E-state index contributed by atoms with van der Waals surface area (Å²) in [7, 11) is 0. The van der Waals surface area contributed by atoms with E-state index in [1.54, 1.807) is 4.68 Å². The molecule has 6 heteroatoms. The van der Waals surface area contributed by atoms with Crippen LogP contribution < -0.4 is 0 Å². The third kappa shape index (κ3) is 3.02. The van der Waals surface area contributed by atoms with Gasteiger partial charge in [-0.1, -0.05) is 49.2 Å². The molecule has 1 heterocycles. The number of rotatable bonds is 4. The highest BCUT2D eigenvalue weighted by molar-refractivity contribution is 7.99. The second-order valence-corrected chi connectivity index (χ2v) is 6.22. The highest BCUT2D eigenvalue weighted by atomic mass is 32.2. The Labute approximate surface area is 122 Å². The van der Waals surface area contributed by atoms with E-state index in [4.69, 9.17) is 0 Å². The van der Waals surface area contributed by atoms with Crippen LogP contribution in [-0.2, 0) is 0 Å². The van der Waals surface area contributed by atoms with Crippen LogP contribution in [0.25, 0.3) is 5.69 Å². The number of benzene rings is 1. The number of tetrazole rings is 1. The third-order valence-corrected chi connectivity index (χ3v) is 4.89. The maximum atomic E-state index is 10.5. The average Bonchev–Trinajstić information content (AvgIpc) is 2.95. The number of hydrogen-bond acceptors (Lipinski definition) is 5. The van der Waals surface area contributed by atoms with Gasteiger partial charge in [0.05, 0.1) is 11.3 Å². The zero-order chi connectivity index (χ0) is 13.8. The minimum absolute atomic E-state index is 0.559. The molecule has 0 radical (unpaired) electrons. The Morgan fingerprint density at radius 2 is 1.90 bits per heavy atom. The molecule has 1 aromatic carbocycles. The number of thioether (sulfide) groups is 1. The van der Waals surface area contributed by atoms with Gasteiger partial charge in [-0.25, -0.2) is 0 Å². The summed E-state index contributed by atoms with van der Waals surface area (Å²) in [4.78, 5) is 0. The summed E-state index contributed by atoms with van der Waals surface area (Å²) in [6, 6.07) is 9.82. The minimum atomic E-state index is -0.559. The van der Waals surface area contributed by atoms with Gasteiger partial charge in [0.2, 0.25) is 5.16 Å². The van der Waals surface area contributed by atoms with E-state index in [0.717, 1.165) is 36.5 Å². The van der Waals surface area contributed by atoms with Gasteiger partial charge in [-0.15, -0.1) is 5.10 Å². The first-order valence-electron chi connectivity index (χ1n) is 6.96. The van der Waals surface area contributed by atoms with Gasteiger partial charge in [0, 0.05) is 5.75 Å². The van der Waals surface area contributed by atoms with Crippen LogP contribution in [0.4, 0.5) is 0 Å². The van der Waals surface area contributed by atoms with E-state index in [1.165, 1.54) is 18.2 Å². The standard InChI is InChI=1S/C14H18N4OS/c19-14(9-5-2-6-10-14)11-20-13-15-16-17-18(13)12-7-3-1-4-8-12/h1,3-4,7-8,19H,2,5-6,9-11H2. The summed E-state index contributed by atoms with van der Waals surface area (Å²) in [5.41, 5.74) is 0.381. The summed E-state index contributed by atoms with van der Waals surface area (Å²) in [6.45, 7) is 0. The van der Waals surface area contributed by atoms with Crippen molar-refractivity contribution in [3.63, 3.8) is 0 Å². The van der Waals surface area contributed by atoms with Crippen LogP contribution in [0, 0.1) is 0 Å². The molecule has 1 aliphatic rings. The van der Waals surface area contributed by atoms with Gasteiger partial charge >= 0.3 is 0 Å². The number of nitrogens with zero attached hydrogens (tertiary/aromatic N) is 4. The summed E-state index contributed by atoms with van der Waals surface area (Å²) >= 11 is 1.53. The first-order chi connectivity index (χ1) is 9.77. The first-order valence-corrected chi connectivity index (χ1v) is 7.94. The zero-order valence-corrected chi connectivity index (χ0v) is 12.1. The maximum absolute atomic E-state index is 10.5. The molecular formula is C14H18N4OS. The van der Waals surface area contributed by atoms with Crippen molar-refractivity contribution >= 4 is 11.8 Å². The van der Waals surface area contributed by atoms with Gasteiger partial charge < -0.3 is 5.11 Å². The first kappa shape index (κ1) is 13.6. The molecule has 0 amide bonds. The van der Waals surface area contributed by atoms with Crippen molar-refractivity contribution in [3.8, 4) is 5.69 Å². The molecular weight excluding hydrogens is 272 g/mol. The molecule has 1 fully saturated rings. The molecule has 3 rings (SSSR count). The predicted molar refractivity (Wildman–Crippen MR) is 77.9 cm³/mol. The van der Waals surface area contributed by atoms with E-state index >= 15 is 0 Å². The Hall–Kier alpha value is -1.40. The van der Waals surface area contributed by atoms with Crippen molar-refractivity contribution in [2.45, 2.75) is 42.9 Å². The fourth-order valence-corrected chi connectivity index (χ4v) is 3.60. The van der Waals surface area contributed by atoms with E-state index in [1.807, 2.05) is 30.3 Å². The van der Waals surface area contributed by atoms with Gasteiger partial charge in [0.25, 0.3) is 0 Å². The molecule has 2 aromatic rings. The lowest BCUT2D eigenvalue weighted by Crippen LogP contribution is -2.34. The van der Waals surface area contributed by atoms with Gasteiger partial charge in [0.1, 0.15) is 0 Å². The molecule has 0 bridgehead atoms. The van der Waals surface area contributed by atoms with Crippen molar-refractivity contribution in [2.75, 3.05) is 5.75 Å². The van der Waals surface area contributed by atoms with Gasteiger partial charge in [0.15, 0.2) is 0 Å². The summed E-state index contributed by atoms with van der Waals surface area (Å²) in [5.74, 6) is 0.653. The Balaban J connectivity index is 1.71. The topological polar surface area (TPSA) is 63.8 Å². The van der Waals surface area contributed by atoms with Gasteiger partial charge in [-0.05, 0) is 35.4 Å². The molecule has 0 spiro atoms. The van der Waals surface area contributed by atoms with Crippen LogP contribution in [0.3, 0.4) is 0 Å². The van der Waals surface area contributed by atoms with Gasteiger partial charge in [-0.2, -0.15) is 4.68 Å². The molecule has 1 aliphatic carbocycles. The Morgan fingerprint density at radius 1 is 1.15 bits per heavy atom. The van der Waals surface area contributed by atoms with E-state index in [2.05, 4.69) is 15.5 Å². The van der Waals surface area contributed by atoms with Crippen molar-refractivity contribution in [3.05, 3.63) is 30.3 Å². The Morgan fingerprint density at radius 3 is 2.65 bits per heavy atom. The summed E-state index contributed by atoms with van der Waals surface area (Å²) < 4.78 is 1.72. The van der Waals surface area contributed by atoms with Crippen LogP contribution in [0.1, 0.15) is 32.1 Å².